The first kappa shape index (κ1) is 1.53. The molecule has 0 aliphatic carbocycles. The molecule has 0 rings (SSSR count). The Morgan fingerprint density at radius 2 is 2.67 bits per heavy atom. The number of hydrogen-bond donors (Lipinski definition) is 2. The van der Waals surface area contributed by atoms with Crippen molar-refractivity contribution in [2.75, 3.05) is 0 Å². The molecular formula is C6H13NO2. The normalized spacial score (nSPS) is 39.2. The van der Waals surface area contributed by atoms with E-state index in [2.05, 4.69) is 0 Å². The third kappa shape index (κ3) is 3.97. The maximum Gasteiger partial charge on any atom is 0.320 e. The summed E-state index contributed by atoms with van der Waals surface area (Å²) in [5.74, 6) is -6.15. The summed E-state index contributed by atoms with van der Waals surface area (Å²) in [7, 11) is 0. The highest BCUT2D eigenvalue weighted by Gasteiger charge is 2.11. The molecule has 3 nitrogen and oxygen atoms in total. The SMILES string of the molecule is [2H]C([2H])([2H])C([2H])(C([2H])([2H])[2H])C([2H])([2H])[C@]([2H])([15NH2])C(=O)O. The lowest BCUT2D eigenvalue weighted by Gasteiger charge is -2.07. The van der Waals surface area contributed by atoms with Crippen molar-refractivity contribution < 1.29 is 23.6 Å². The van der Waals surface area contributed by atoms with Gasteiger partial charge in [-0.1, -0.05) is 13.7 Å². The minimum absolute atomic E-state index is 2.28. The molecule has 1 atom stereocenters. The average molecular weight is 142 g/mol. The quantitative estimate of drug-likeness (QED) is 0.562. The van der Waals surface area contributed by atoms with Gasteiger partial charge in [0.15, 0.2) is 0 Å². The highest BCUT2D eigenvalue weighted by Crippen LogP contribution is 2.01. The zero-order chi connectivity index (χ0) is 16.1. The second-order valence-corrected chi connectivity index (χ2v) is 1.22. The van der Waals surface area contributed by atoms with Crippen molar-refractivity contribution in [3.8, 4) is 0 Å². The van der Waals surface area contributed by atoms with Gasteiger partial charge < -0.3 is 10.8 Å². The van der Waals surface area contributed by atoms with Gasteiger partial charge in [-0.3, -0.25) is 4.79 Å². The smallest absolute Gasteiger partial charge is 0.320 e. The number of carbonyl (C=O) groups is 1. The lowest BCUT2D eigenvalue weighted by molar-refractivity contribution is -0.138. The molecule has 0 aromatic heterocycles. The molecule has 0 aliphatic rings. The molecule has 3 heteroatoms. The highest BCUT2D eigenvalue weighted by atomic mass is 16.4. The summed E-state index contributed by atoms with van der Waals surface area (Å²) in [6, 6.07) is -3.61. The number of rotatable bonds is 3. The van der Waals surface area contributed by atoms with Gasteiger partial charge in [-0.15, -0.1) is 0 Å². The van der Waals surface area contributed by atoms with Gasteiger partial charge in [0.25, 0.3) is 0 Å². The molecule has 0 aromatic carbocycles. The van der Waals surface area contributed by atoms with Gasteiger partial charge in [0, 0.05) is 12.3 Å². The predicted molar refractivity (Wildman–Crippen MR) is 35.1 cm³/mol. The van der Waals surface area contributed by atoms with E-state index in [0.29, 0.717) is 0 Å². The van der Waals surface area contributed by atoms with Crippen LogP contribution in [0.3, 0.4) is 0 Å². The summed E-state index contributed by atoms with van der Waals surface area (Å²) in [4.78, 5) is 10.8. The Morgan fingerprint density at radius 3 is 3.00 bits per heavy atom. The number of aliphatic carboxylic acids is 1. The van der Waals surface area contributed by atoms with E-state index in [1.807, 2.05) is 0 Å². The molecule has 0 aliphatic heterocycles. The van der Waals surface area contributed by atoms with Gasteiger partial charge in [-0.2, -0.15) is 0 Å². The van der Waals surface area contributed by atoms with Crippen LogP contribution in [0.25, 0.3) is 0 Å². The van der Waals surface area contributed by atoms with Crippen LogP contribution in [0.1, 0.15) is 33.8 Å². The highest BCUT2D eigenvalue weighted by molar-refractivity contribution is 5.72. The van der Waals surface area contributed by atoms with Crippen LogP contribution in [0.4, 0.5) is 0 Å². The third-order valence-electron chi connectivity index (χ3n) is 0.490. The first-order valence-corrected chi connectivity index (χ1v) is 1.97. The molecule has 3 N–H and O–H groups in total. The monoisotopic (exact) mass is 142 g/mol. The molecule has 0 saturated heterocycles. The van der Waals surface area contributed by atoms with Crippen LogP contribution in [-0.4, -0.2) is 17.1 Å². The molecule has 0 amide bonds. The van der Waals surface area contributed by atoms with Crippen LogP contribution < -0.4 is 5.73 Å². The van der Waals surface area contributed by atoms with Crippen molar-refractivity contribution in [3.63, 3.8) is 0 Å². The van der Waals surface area contributed by atoms with E-state index in [1.165, 1.54) is 0 Å². The van der Waals surface area contributed by atoms with E-state index in [1.54, 1.807) is 0 Å². The molecule has 0 spiro atoms. The van der Waals surface area contributed by atoms with E-state index in [0.717, 1.165) is 0 Å². The zero-order valence-electron chi connectivity index (χ0n) is 14.4. The second-order valence-electron chi connectivity index (χ2n) is 1.22. The van der Waals surface area contributed by atoms with Gasteiger partial charge in [0.2, 0.25) is 0 Å². The fraction of sp³-hybridized carbons (Fsp3) is 0.833. The Balaban J connectivity index is 6.29. The number of hydrogen-bond acceptors (Lipinski definition) is 2. The Labute approximate surface area is 68.9 Å². The Morgan fingerprint density at radius 1 is 2.11 bits per heavy atom. The number of carboxylic acids is 1. The minimum atomic E-state index is -3.87. The summed E-state index contributed by atoms with van der Waals surface area (Å²) < 4.78 is 71.7. The van der Waals surface area contributed by atoms with Crippen LogP contribution in [0, 0.1) is 5.89 Å². The molecular weight excluding hydrogens is 119 g/mol. The van der Waals surface area contributed by atoms with Crippen LogP contribution in [0.2, 0.25) is 0 Å². The van der Waals surface area contributed by atoms with Crippen LogP contribution in [-0.2, 0) is 4.79 Å². The maximum absolute atomic E-state index is 10.8. The van der Waals surface area contributed by atoms with E-state index < -0.39 is 38.0 Å². The fourth-order valence-corrected chi connectivity index (χ4v) is 0.188. The van der Waals surface area contributed by atoms with Crippen LogP contribution >= 0.6 is 0 Å². The Hall–Kier alpha value is -0.570. The topological polar surface area (TPSA) is 63.3 Å². The van der Waals surface area contributed by atoms with Crippen molar-refractivity contribution in [1.29, 1.82) is 0 Å². The lowest BCUT2D eigenvalue weighted by Crippen LogP contribution is -2.31. The molecule has 0 radical (unpaired) electrons. The van der Waals surface area contributed by atoms with E-state index in [-0.39, 0.29) is 0 Å². The average Bonchev–Trinajstić information content (AvgIpc) is 2.11. The first-order chi connectivity index (χ1) is 7.94. The molecule has 9 heavy (non-hydrogen) atoms. The number of nitrogens with two attached hydrogens (primary N) is 1. The molecule has 0 aromatic rings. The zero-order valence-corrected chi connectivity index (χ0v) is 4.43. The summed E-state index contributed by atoms with van der Waals surface area (Å²) in [6.45, 7) is -7.44. The molecule has 0 saturated carbocycles. The standard InChI is InChI=1S/C6H13NO2/c1-4(2)3-5(7)6(8)9/h4-5H,3,7H2,1-2H3,(H,8,9)/t5-/m0/s1/i1D3,2D3,3D2,4D,5D,7+1. The van der Waals surface area contributed by atoms with E-state index in [9.17, 15) is 4.79 Å². The summed E-state index contributed by atoms with van der Waals surface area (Å²) in [5, 5.41) is 8.67. The van der Waals surface area contributed by atoms with E-state index in [4.69, 9.17) is 24.5 Å². The first-order valence-electron chi connectivity index (χ1n) is 6.97. The largest absolute Gasteiger partial charge is 0.480 e. The molecule has 0 unspecified atom stereocenters. The predicted octanol–water partition coefficient (Wildman–Crippen LogP) is 0.444. The summed E-state index contributed by atoms with van der Waals surface area (Å²) in [5.41, 5.74) is 4.89. The molecule has 0 fully saturated rings. The Bertz CT molecular complexity index is 355. The van der Waals surface area contributed by atoms with Crippen LogP contribution in [0.15, 0.2) is 0 Å². The van der Waals surface area contributed by atoms with Gasteiger partial charge in [-0.25, -0.2) is 0 Å². The van der Waals surface area contributed by atoms with Gasteiger partial charge in [-0.05, 0) is 12.3 Å². The number of carboxylic acid groups (broad SMARTS) is 1. The molecule has 54 valence electrons. The van der Waals surface area contributed by atoms with Crippen molar-refractivity contribution in [2.45, 2.75) is 26.1 Å². The van der Waals surface area contributed by atoms with Gasteiger partial charge in [0.1, 0.15) is 6.02 Å². The second kappa shape index (κ2) is 3.45. The third-order valence-corrected chi connectivity index (χ3v) is 0.490. The minimum Gasteiger partial charge on any atom is -0.480 e. The summed E-state index contributed by atoms with van der Waals surface area (Å²) >= 11 is 0. The van der Waals surface area contributed by atoms with Crippen molar-refractivity contribution in [1.82, 2.24) is 0 Å². The van der Waals surface area contributed by atoms with Crippen molar-refractivity contribution in [3.05, 3.63) is 0 Å². The fourth-order valence-electron chi connectivity index (χ4n) is 0.188. The van der Waals surface area contributed by atoms with Crippen molar-refractivity contribution in [2.24, 2.45) is 11.6 Å². The van der Waals surface area contributed by atoms with Crippen molar-refractivity contribution >= 4 is 5.97 Å². The lowest BCUT2D eigenvalue weighted by atomic mass is 10.1. The van der Waals surface area contributed by atoms with Gasteiger partial charge >= 0.3 is 5.97 Å². The van der Waals surface area contributed by atoms with E-state index >= 15 is 0 Å². The van der Waals surface area contributed by atoms with Crippen LogP contribution in [0.5, 0.6) is 0 Å². The Kier molecular flexibility index (Phi) is 0.588. The summed E-state index contributed by atoms with van der Waals surface area (Å²) in [6.07, 6.45) is -3.87. The molecule has 0 heterocycles. The molecule has 0 bridgehead atoms. The maximum atomic E-state index is 10.8. The van der Waals surface area contributed by atoms with Gasteiger partial charge in [0.05, 0.1) is 1.37 Å².